The van der Waals surface area contributed by atoms with Gasteiger partial charge in [-0.15, -0.1) is 11.3 Å². The van der Waals surface area contributed by atoms with Gasteiger partial charge in [0.1, 0.15) is 5.00 Å². The maximum absolute atomic E-state index is 12.2. The molecule has 1 aromatic rings. The third kappa shape index (κ3) is 3.51. The first-order valence-electron chi connectivity index (χ1n) is 7.99. The molecule has 22 heavy (non-hydrogen) atoms. The van der Waals surface area contributed by atoms with Crippen molar-refractivity contribution in [1.29, 1.82) is 0 Å². The van der Waals surface area contributed by atoms with E-state index >= 15 is 0 Å². The lowest BCUT2D eigenvalue weighted by Gasteiger charge is -2.21. The topological polar surface area (TPSA) is 72.2 Å². The fraction of sp³-hybridized carbons (Fsp3) is 0.647. The smallest absolute Gasteiger partial charge is 0.251 e. The zero-order valence-electron chi connectivity index (χ0n) is 13.9. The Kier molecular flexibility index (Phi) is 4.95. The van der Waals surface area contributed by atoms with Gasteiger partial charge in [0.05, 0.1) is 5.56 Å². The van der Waals surface area contributed by atoms with Crippen LogP contribution < -0.4 is 11.1 Å². The highest BCUT2D eigenvalue weighted by Gasteiger charge is 2.30. The lowest BCUT2D eigenvalue weighted by molar-refractivity contribution is -0.123. The van der Waals surface area contributed by atoms with Gasteiger partial charge in [0.2, 0.25) is 5.91 Å². The van der Waals surface area contributed by atoms with E-state index in [9.17, 15) is 9.59 Å². The average molecular weight is 322 g/mol. The van der Waals surface area contributed by atoms with Crippen molar-refractivity contribution in [1.82, 2.24) is 0 Å². The number of amides is 2. The van der Waals surface area contributed by atoms with E-state index in [1.807, 2.05) is 20.8 Å². The van der Waals surface area contributed by atoms with Crippen LogP contribution in [0.5, 0.6) is 0 Å². The first kappa shape index (κ1) is 17.0. The summed E-state index contributed by atoms with van der Waals surface area (Å²) in [4.78, 5) is 25.3. The Morgan fingerprint density at radius 1 is 1.36 bits per heavy atom. The molecule has 4 nitrogen and oxygen atoms in total. The number of hydrogen-bond donors (Lipinski definition) is 2. The Morgan fingerprint density at radius 2 is 2.05 bits per heavy atom. The highest BCUT2D eigenvalue weighted by molar-refractivity contribution is 7.17. The van der Waals surface area contributed by atoms with Gasteiger partial charge >= 0.3 is 0 Å². The van der Waals surface area contributed by atoms with E-state index < -0.39 is 11.3 Å². The predicted octanol–water partition coefficient (Wildman–Crippen LogP) is 3.74. The molecule has 0 aromatic carbocycles. The molecule has 1 aromatic heterocycles. The summed E-state index contributed by atoms with van der Waals surface area (Å²) in [6.45, 7) is 7.78. The quantitative estimate of drug-likeness (QED) is 0.886. The van der Waals surface area contributed by atoms with Crippen LogP contribution in [0.25, 0.3) is 0 Å². The van der Waals surface area contributed by atoms with Gasteiger partial charge in [-0.05, 0) is 30.7 Å². The summed E-state index contributed by atoms with van der Waals surface area (Å²) in [5.41, 5.74) is 6.68. The van der Waals surface area contributed by atoms with E-state index in [0.717, 1.165) is 24.8 Å². The van der Waals surface area contributed by atoms with Crippen LogP contribution in [0.1, 0.15) is 67.8 Å². The molecule has 0 bridgehead atoms. The summed E-state index contributed by atoms with van der Waals surface area (Å²) in [5, 5.41) is 3.55. The van der Waals surface area contributed by atoms with Crippen LogP contribution in [-0.2, 0) is 17.6 Å². The van der Waals surface area contributed by atoms with Crippen molar-refractivity contribution in [2.75, 3.05) is 5.32 Å². The summed E-state index contributed by atoms with van der Waals surface area (Å²) >= 11 is 1.53. The normalized spacial score (nSPS) is 17.9. The molecule has 1 heterocycles. The van der Waals surface area contributed by atoms with Gasteiger partial charge in [-0.2, -0.15) is 0 Å². The highest BCUT2D eigenvalue weighted by Crippen LogP contribution is 2.40. The second-order valence-corrected chi connectivity index (χ2v) is 8.28. The summed E-state index contributed by atoms with van der Waals surface area (Å²) in [5.74, 6) is 0.164. The molecule has 2 amide bonds. The maximum Gasteiger partial charge on any atom is 0.251 e. The van der Waals surface area contributed by atoms with Gasteiger partial charge in [0.25, 0.3) is 5.91 Å². The van der Waals surface area contributed by atoms with Crippen LogP contribution in [0.2, 0.25) is 0 Å². The van der Waals surface area contributed by atoms with Gasteiger partial charge in [-0.25, -0.2) is 0 Å². The molecule has 1 atom stereocenters. The van der Waals surface area contributed by atoms with E-state index in [4.69, 9.17) is 5.73 Å². The monoisotopic (exact) mass is 322 g/mol. The average Bonchev–Trinajstić information content (AvgIpc) is 2.75. The van der Waals surface area contributed by atoms with Crippen LogP contribution in [0.4, 0.5) is 5.00 Å². The molecule has 0 saturated carbocycles. The second kappa shape index (κ2) is 6.41. The zero-order chi connectivity index (χ0) is 16.5. The van der Waals surface area contributed by atoms with Crippen LogP contribution >= 0.6 is 11.3 Å². The molecule has 0 aliphatic heterocycles. The standard InChI is InChI=1S/C17H26N2O2S/c1-5-6-10-7-8-11-12(9-10)22-15(13(11)14(18)20)19-16(21)17(2,3)4/h10H,5-9H2,1-4H3,(H2,18,20)(H,19,21). The summed E-state index contributed by atoms with van der Waals surface area (Å²) in [6, 6.07) is 0. The van der Waals surface area contributed by atoms with Gasteiger partial charge < -0.3 is 11.1 Å². The molecule has 1 aliphatic rings. The number of primary amides is 1. The largest absolute Gasteiger partial charge is 0.365 e. The van der Waals surface area contributed by atoms with Gasteiger partial charge in [-0.3, -0.25) is 9.59 Å². The molecule has 122 valence electrons. The number of rotatable bonds is 4. The van der Waals surface area contributed by atoms with Crippen LogP contribution in [0.15, 0.2) is 0 Å². The number of fused-ring (bicyclic) bond motifs is 1. The number of nitrogens with two attached hydrogens (primary N) is 1. The Bertz CT molecular complexity index is 584. The predicted molar refractivity (Wildman–Crippen MR) is 91.3 cm³/mol. The number of hydrogen-bond acceptors (Lipinski definition) is 3. The molecule has 0 radical (unpaired) electrons. The van der Waals surface area contributed by atoms with Crippen molar-refractivity contribution < 1.29 is 9.59 Å². The molecule has 1 unspecified atom stereocenters. The van der Waals surface area contributed by atoms with Crippen LogP contribution in [0.3, 0.4) is 0 Å². The van der Waals surface area contributed by atoms with E-state index in [2.05, 4.69) is 12.2 Å². The lowest BCUT2D eigenvalue weighted by atomic mass is 9.84. The van der Waals surface area contributed by atoms with Crippen LogP contribution in [-0.4, -0.2) is 11.8 Å². The van der Waals surface area contributed by atoms with Crippen molar-refractivity contribution in [2.45, 2.75) is 59.8 Å². The molecular formula is C17H26N2O2S. The second-order valence-electron chi connectivity index (χ2n) is 7.17. The molecule has 3 N–H and O–H groups in total. The molecular weight excluding hydrogens is 296 g/mol. The van der Waals surface area contributed by atoms with Crippen LogP contribution in [0, 0.1) is 11.3 Å². The number of anilines is 1. The Hall–Kier alpha value is -1.36. The molecule has 2 rings (SSSR count). The van der Waals surface area contributed by atoms with Gasteiger partial charge in [-0.1, -0.05) is 40.5 Å². The molecule has 5 heteroatoms. The molecule has 0 saturated heterocycles. The fourth-order valence-electron chi connectivity index (χ4n) is 2.95. The number of thiophene rings is 1. The Balaban J connectivity index is 2.32. The van der Waals surface area contributed by atoms with E-state index in [1.54, 1.807) is 0 Å². The molecule has 1 aliphatic carbocycles. The van der Waals surface area contributed by atoms with Gasteiger partial charge in [0, 0.05) is 10.3 Å². The van der Waals surface area contributed by atoms with Crippen molar-refractivity contribution >= 4 is 28.2 Å². The minimum atomic E-state index is -0.496. The van der Waals surface area contributed by atoms with E-state index in [1.165, 1.54) is 29.1 Å². The number of nitrogens with one attached hydrogen (secondary N) is 1. The van der Waals surface area contributed by atoms with E-state index in [-0.39, 0.29) is 5.91 Å². The minimum Gasteiger partial charge on any atom is -0.365 e. The number of carbonyl (C=O) groups is 2. The first-order valence-corrected chi connectivity index (χ1v) is 8.81. The van der Waals surface area contributed by atoms with Gasteiger partial charge in [0.15, 0.2) is 0 Å². The highest BCUT2D eigenvalue weighted by atomic mass is 32.1. The zero-order valence-corrected chi connectivity index (χ0v) is 14.7. The number of carbonyl (C=O) groups excluding carboxylic acids is 2. The Labute approximate surface area is 136 Å². The summed E-state index contributed by atoms with van der Waals surface area (Å²) < 4.78 is 0. The van der Waals surface area contributed by atoms with Crippen molar-refractivity contribution in [3.05, 3.63) is 16.0 Å². The summed E-state index contributed by atoms with van der Waals surface area (Å²) in [6.07, 6.45) is 5.39. The molecule has 0 fully saturated rings. The fourth-order valence-corrected chi connectivity index (χ4v) is 4.31. The minimum absolute atomic E-state index is 0.0845. The lowest BCUT2D eigenvalue weighted by Crippen LogP contribution is -2.28. The Morgan fingerprint density at radius 3 is 2.59 bits per heavy atom. The van der Waals surface area contributed by atoms with Crippen molar-refractivity contribution in [3.8, 4) is 0 Å². The first-order chi connectivity index (χ1) is 10.2. The van der Waals surface area contributed by atoms with Crippen molar-refractivity contribution in [3.63, 3.8) is 0 Å². The maximum atomic E-state index is 12.2. The molecule has 0 spiro atoms. The SMILES string of the molecule is CCCC1CCc2c(sc(NC(=O)C(C)(C)C)c2C(N)=O)C1. The van der Waals surface area contributed by atoms with E-state index in [0.29, 0.717) is 16.5 Å². The van der Waals surface area contributed by atoms with Crippen molar-refractivity contribution in [2.24, 2.45) is 17.1 Å². The third-order valence-electron chi connectivity index (χ3n) is 4.22. The third-order valence-corrected chi connectivity index (χ3v) is 5.39. The summed E-state index contributed by atoms with van der Waals surface area (Å²) in [7, 11) is 0.